The highest BCUT2D eigenvalue weighted by Crippen LogP contribution is 2.47. The predicted octanol–water partition coefficient (Wildman–Crippen LogP) is 2.79. The van der Waals surface area contributed by atoms with Crippen LogP contribution in [0.3, 0.4) is 0 Å². The van der Waals surface area contributed by atoms with Gasteiger partial charge >= 0.3 is 0 Å². The third kappa shape index (κ3) is 6.43. The van der Waals surface area contributed by atoms with Gasteiger partial charge in [-0.25, -0.2) is 13.2 Å². The number of hydrogen-bond donors (Lipinski definition) is 3. The average molecular weight is 525 g/mol. The molecule has 2 bridgehead atoms. The van der Waals surface area contributed by atoms with Crippen molar-refractivity contribution in [1.29, 1.82) is 0 Å². The molecule has 0 spiro atoms. The molecule has 0 saturated heterocycles. The van der Waals surface area contributed by atoms with Crippen LogP contribution in [0.25, 0.3) is 0 Å². The van der Waals surface area contributed by atoms with Crippen molar-refractivity contribution in [3.63, 3.8) is 0 Å². The molecule has 7 atom stereocenters. The predicted molar refractivity (Wildman–Crippen MR) is 122 cm³/mol. The minimum Gasteiger partial charge on any atom is -0.391 e. The fourth-order valence-corrected chi connectivity index (χ4v) is 6.31. The molecule has 7 nitrogen and oxygen atoms in total. The summed E-state index contributed by atoms with van der Waals surface area (Å²) in [6.45, 7) is -0.446. The van der Waals surface area contributed by atoms with Gasteiger partial charge in [-0.3, -0.25) is 9.59 Å². The van der Waals surface area contributed by atoms with E-state index in [0.29, 0.717) is 51.4 Å². The van der Waals surface area contributed by atoms with Crippen molar-refractivity contribution in [1.82, 2.24) is 10.6 Å². The summed E-state index contributed by atoms with van der Waals surface area (Å²) in [7, 11) is 0. The molecule has 0 heterocycles. The lowest BCUT2D eigenvalue weighted by Gasteiger charge is -2.56. The van der Waals surface area contributed by atoms with Gasteiger partial charge < -0.3 is 25.2 Å². The summed E-state index contributed by atoms with van der Waals surface area (Å²) < 4.78 is 51.7. The Hall–Kier alpha value is -1.10. The zero-order valence-corrected chi connectivity index (χ0v) is 20.6. The van der Waals surface area contributed by atoms with E-state index < -0.39 is 47.2 Å². The number of carbonyl (C=O) groups is 2. The Morgan fingerprint density at radius 2 is 1.40 bits per heavy atom. The minimum atomic E-state index is -1.56. The zero-order valence-electron chi connectivity index (χ0n) is 19.8. The third-order valence-corrected chi connectivity index (χ3v) is 8.80. The van der Waals surface area contributed by atoms with E-state index in [9.17, 15) is 27.9 Å². The van der Waals surface area contributed by atoms with Crippen molar-refractivity contribution in [3.8, 4) is 0 Å². The molecule has 5 aliphatic rings. The van der Waals surface area contributed by atoms with Gasteiger partial charge in [0.25, 0.3) is 0 Å². The number of halogens is 4. The molecule has 35 heavy (non-hydrogen) atoms. The Morgan fingerprint density at radius 1 is 0.829 bits per heavy atom. The maximum Gasteiger partial charge on any atom is 0.246 e. The van der Waals surface area contributed by atoms with Gasteiger partial charge in [-0.05, 0) is 57.8 Å². The quantitative estimate of drug-likeness (QED) is 0.424. The van der Waals surface area contributed by atoms with Gasteiger partial charge in [0.2, 0.25) is 11.8 Å². The highest BCUT2D eigenvalue weighted by atomic mass is 35.5. The molecule has 5 rings (SSSR count). The standard InChI is InChI=1S/C24H36ClF3N2O5/c25-16-3-1-14(9-18(16)27)35-13-22(33)30-24-7-5-23(6-8-24,11-20(24)31)29-21(32)12-34-15-2-4-17(26)19(28)10-15/h14-20,31H,1-13H2,(H,29,32)(H,30,33). The van der Waals surface area contributed by atoms with Crippen molar-refractivity contribution in [3.05, 3.63) is 0 Å². The van der Waals surface area contributed by atoms with Gasteiger partial charge in [-0.15, -0.1) is 11.6 Å². The molecule has 5 saturated carbocycles. The smallest absolute Gasteiger partial charge is 0.246 e. The number of amides is 2. The van der Waals surface area contributed by atoms with E-state index in [1.54, 1.807) is 0 Å². The molecular formula is C24H36ClF3N2O5. The molecule has 5 fully saturated rings. The third-order valence-electron chi connectivity index (χ3n) is 8.30. The van der Waals surface area contributed by atoms with Crippen LogP contribution in [0.4, 0.5) is 13.2 Å². The Kier molecular flexibility index (Phi) is 8.55. The van der Waals surface area contributed by atoms with E-state index in [2.05, 4.69) is 10.6 Å². The Labute approximate surface area is 208 Å². The van der Waals surface area contributed by atoms with Crippen molar-refractivity contribution in [2.45, 2.75) is 124 Å². The normalized spacial score (nSPS) is 43.5. The number of fused-ring (bicyclic) bond motifs is 3. The largest absolute Gasteiger partial charge is 0.391 e. The van der Waals surface area contributed by atoms with Gasteiger partial charge in [0.15, 0.2) is 0 Å². The van der Waals surface area contributed by atoms with Gasteiger partial charge in [-0.2, -0.15) is 0 Å². The number of aliphatic hydroxyl groups excluding tert-OH is 1. The van der Waals surface area contributed by atoms with Gasteiger partial charge in [0.1, 0.15) is 31.7 Å². The summed E-state index contributed by atoms with van der Waals surface area (Å²) in [5.41, 5.74) is -1.36. The molecule has 3 N–H and O–H groups in total. The molecule has 0 aromatic carbocycles. The van der Waals surface area contributed by atoms with E-state index in [0.717, 1.165) is 0 Å². The molecule has 0 aromatic rings. The summed E-state index contributed by atoms with van der Waals surface area (Å²) in [6.07, 6.45) is -1.68. The molecule has 0 radical (unpaired) electrons. The first-order chi connectivity index (χ1) is 16.6. The summed E-state index contributed by atoms with van der Waals surface area (Å²) >= 11 is 5.89. The van der Waals surface area contributed by atoms with Crippen LogP contribution in [0.15, 0.2) is 0 Å². The summed E-state index contributed by atoms with van der Waals surface area (Å²) in [5.74, 6) is -0.701. The monoisotopic (exact) mass is 524 g/mol. The Morgan fingerprint density at radius 3 is 1.97 bits per heavy atom. The van der Waals surface area contributed by atoms with Crippen LogP contribution in [-0.2, 0) is 19.1 Å². The Bertz CT molecular complexity index is 769. The summed E-state index contributed by atoms with van der Waals surface area (Å²) in [6, 6.07) is 0. The lowest BCUT2D eigenvalue weighted by Crippen LogP contribution is -2.70. The number of nitrogens with one attached hydrogen (secondary N) is 2. The summed E-state index contributed by atoms with van der Waals surface area (Å²) in [4.78, 5) is 25.1. The van der Waals surface area contributed by atoms with Crippen molar-refractivity contribution in [2.24, 2.45) is 0 Å². The van der Waals surface area contributed by atoms with Crippen LogP contribution in [0.1, 0.15) is 70.6 Å². The average Bonchev–Trinajstić information content (AvgIpc) is 2.82. The maximum atomic E-state index is 13.8. The van der Waals surface area contributed by atoms with Crippen molar-refractivity contribution >= 4 is 23.4 Å². The fraction of sp³-hybridized carbons (Fsp3) is 0.917. The second-order valence-corrected chi connectivity index (χ2v) is 11.4. The van der Waals surface area contributed by atoms with E-state index in [1.807, 2.05) is 0 Å². The van der Waals surface area contributed by atoms with Gasteiger partial charge in [0.05, 0.1) is 29.2 Å². The molecule has 0 aliphatic heterocycles. The molecule has 2 amide bonds. The minimum absolute atomic E-state index is 0.0490. The SMILES string of the molecule is O=C(COC1CCC(F)C(F)C1)NC12CCC(NC(=O)COC3CCC(Cl)C(F)C3)(CC1)C(O)C2. The number of carbonyl (C=O) groups excluding carboxylic acids is 2. The van der Waals surface area contributed by atoms with Gasteiger partial charge in [0, 0.05) is 18.4 Å². The number of aliphatic hydroxyl groups is 1. The molecule has 0 aromatic heterocycles. The lowest BCUT2D eigenvalue weighted by molar-refractivity contribution is -0.142. The van der Waals surface area contributed by atoms with Crippen molar-refractivity contribution in [2.75, 3.05) is 13.2 Å². The first-order valence-electron chi connectivity index (χ1n) is 12.7. The second kappa shape index (κ2) is 11.1. The van der Waals surface area contributed by atoms with Crippen LogP contribution >= 0.6 is 11.6 Å². The van der Waals surface area contributed by atoms with Crippen LogP contribution in [0.2, 0.25) is 0 Å². The Balaban J connectivity index is 1.20. The molecule has 200 valence electrons. The topological polar surface area (TPSA) is 96.9 Å². The molecule has 7 unspecified atom stereocenters. The number of alkyl halides is 4. The highest BCUT2D eigenvalue weighted by molar-refractivity contribution is 6.21. The molecular weight excluding hydrogens is 489 g/mol. The van der Waals surface area contributed by atoms with Crippen molar-refractivity contribution < 1.29 is 37.3 Å². The fourth-order valence-electron chi connectivity index (χ4n) is 6.08. The number of rotatable bonds is 8. The van der Waals surface area contributed by atoms with Crippen LogP contribution < -0.4 is 10.6 Å². The van der Waals surface area contributed by atoms with Gasteiger partial charge in [-0.1, -0.05) is 0 Å². The molecule has 5 aliphatic carbocycles. The first-order valence-corrected chi connectivity index (χ1v) is 13.1. The number of ether oxygens (including phenoxy) is 2. The van der Waals surface area contributed by atoms with E-state index in [-0.39, 0.29) is 50.4 Å². The lowest BCUT2D eigenvalue weighted by atomic mass is 9.60. The maximum absolute atomic E-state index is 13.8. The second-order valence-electron chi connectivity index (χ2n) is 10.8. The van der Waals surface area contributed by atoms with Crippen LogP contribution in [-0.4, -0.2) is 83.4 Å². The first kappa shape index (κ1) is 26.9. The van der Waals surface area contributed by atoms with Crippen LogP contribution in [0, 0.1) is 0 Å². The van der Waals surface area contributed by atoms with E-state index in [1.165, 1.54) is 0 Å². The van der Waals surface area contributed by atoms with E-state index in [4.69, 9.17) is 21.1 Å². The highest BCUT2D eigenvalue weighted by Gasteiger charge is 2.55. The zero-order chi connectivity index (χ0) is 25.2. The summed E-state index contributed by atoms with van der Waals surface area (Å²) in [5, 5.41) is 16.3. The van der Waals surface area contributed by atoms with Crippen LogP contribution in [0.5, 0.6) is 0 Å². The van der Waals surface area contributed by atoms with E-state index >= 15 is 0 Å². The number of hydrogen-bond acceptors (Lipinski definition) is 5. The molecule has 11 heteroatoms.